The van der Waals surface area contributed by atoms with Crippen LogP contribution in [0, 0.1) is 19.8 Å². The molecule has 0 spiro atoms. The Labute approximate surface area is 169 Å². The van der Waals surface area contributed by atoms with Gasteiger partial charge in [-0.1, -0.05) is 48.0 Å². The van der Waals surface area contributed by atoms with Crippen molar-refractivity contribution in [3.63, 3.8) is 0 Å². The number of carbonyl (C=O) groups is 3. The maximum Gasteiger partial charge on any atom is 0.332 e. The number of aromatic nitrogens is 1. The van der Waals surface area contributed by atoms with Crippen molar-refractivity contribution in [3.05, 3.63) is 70.9 Å². The largest absolute Gasteiger partial charge is 0.358 e. The van der Waals surface area contributed by atoms with E-state index in [0.717, 1.165) is 43.1 Å². The number of amides is 4. The summed E-state index contributed by atoms with van der Waals surface area (Å²) in [6.45, 7) is 3.98. The predicted molar refractivity (Wildman–Crippen MR) is 110 cm³/mol. The van der Waals surface area contributed by atoms with E-state index < -0.39 is 29.7 Å². The Morgan fingerprint density at radius 2 is 1.45 bits per heavy atom. The Morgan fingerprint density at radius 3 is 2.03 bits per heavy atom. The van der Waals surface area contributed by atoms with E-state index in [9.17, 15) is 14.4 Å². The van der Waals surface area contributed by atoms with Gasteiger partial charge in [-0.2, -0.15) is 0 Å². The number of carbonyl (C=O) groups excluding carboxylic acids is 3. The normalized spacial score (nSPS) is 16.8. The second kappa shape index (κ2) is 6.88. The van der Waals surface area contributed by atoms with Gasteiger partial charge in [-0.05, 0) is 31.0 Å². The molecule has 0 saturated carbocycles. The molecular formula is C23H23N3O3. The van der Waals surface area contributed by atoms with Crippen molar-refractivity contribution < 1.29 is 14.4 Å². The molecule has 2 aromatic carbocycles. The summed E-state index contributed by atoms with van der Waals surface area (Å²) in [6, 6.07) is 15.1. The van der Waals surface area contributed by atoms with E-state index in [4.69, 9.17) is 0 Å². The molecule has 0 aliphatic carbocycles. The van der Waals surface area contributed by atoms with E-state index in [1.165, 1.54) is 14.1 Å². The van der Waals surface area contributed by atoms with Crippen LogP contribution < -0.4 is 0 Å². The van der Waals surface area contributed by atoms with Crippen LogP contribution in [0.15, 0.2) is 48.5 Å². The van der Waals surface area contributed by atoms with E-state index >= 15 is 0 Å². The molecule has 1 unspecified atom stereocenters. The van der Waals surface area contributed by atoms with Crippen LogP contribution in [0.3, 0.4) is 0 Å². The highest BCUT2D eigenvalue weighted by Gasteiger charge is 2.48. The minimum Gasteiger partial charge on any atom is -0.358 e. The van der Waals surface area contributed by atoms with Gasteiger partial charge in [0.15, 0.2) is 0 Å². The maximum atomic E-state index is 13.1. The molecule has 0 radical (unpaired) electrons. The third-order valence-electron chi connectivity index (χ3n) is 5.85. The van der Waals surface area contributed by atoms with E-state index in [1.807, 2.05) is 62.4 Å². The van der Waals surface area contributed by atoms with Crippen molar-refractivity contribution >= 4 is 28.7 Å². The lowest BCUT2D eigenvalue weighted by atomic mass is 9.79. The molecule has 1 saturated heterocycles. The van der Waals surface area contributed by atoms with E-state index in [-0.39, 0.29) is 0 Å². The first-order valence-electron chi connectivity index (χ1n) is 9.54. The minimum atomic E-state index is -1.02. The number of aryl methyl sites for hydroxylation is 2. The van der Waals surface area contributed by atoms with Gasteiger partial charge in [0.25, 0.3) is 0 Å². The molecule has 6 heteroatoms. The van der Waals surface area contributed by atoms with Crippen molar-refractivity contribution in [1.82, 2.24) is 14.8 Å². The van der Waals surface area contributed by atoms with Gasteiger partial charge in [0, 0.05) is 36.6 Å². The van der Waals surface area contributed by atoms with Crippen LogP contribution in [0.2, 0.25) is 0 Å². The van der Waals surface area contributed by atoms with Crippen LogP contribution in [-0.2, 0) is 9.59 Å². The zero-order valence-electron chi connectivity index (χ0n) is 16.9. The summed E-state index contributed by atoms with van der Waals surface area (Å²) in [6.07, 6.45) is 0. The molecule has 4 rings (SSSR count). The summed E-state index contributed by atoms with van der Waals surface area (Å²) in [5.41, 5.74) is 4.71. The Balaban J connectivity index is 1.94. The molecule has 148 valence electrons. The summed E-state index contributed by atoms with van der Waals surface area (Å²) in [5, 5.41) is 1.05. The summed E-state index contributed by atoms with van der Waals surface area (Å²) in [7, 11) is 2.84. The first-order chi connectivity index (χ1) is 13.8. The molecule has 6 nitrogen and oxygen atoms in total. The molecule has 2 heterocycles. The zero-order chi connectivity index (χ0) is 20.9. The minimum absolute atomic E-state index is 0.485. The van der Waals surface area contributed by atoms with Crippen LogP contribution in [0.4, 0.5) is 4.79 Å². The summed E-state index contributed by atoms with van der Waals surface area (Å²) in [5.74, 6) is -2.51. The molecule has 1 N–H and O–H groups in total. The SMILES string of the molecule is Cc1ccc(C(c2[nH]c3ccccc3c2C)C2C(=O)N(C)C(=O)N(C)C2=O)cc1. The fourth-order valence-corrected chi connectivity index (χ4v) is 4.14. The van der Waals surface area contributed by atoms with E-state index in [2.05, 4.69) is 4.98 Å². The lowest BCUT2D eigenvalue weighted by molar-refractivity contribution is -0.148. The maximum absolute atomic E-state index is 13.1. The number of hydrogen-bond donors (Lipinski definition) is 1. The molecule has 3 aromatic rings. The van der Waals surface area contributed by atoms with Crippen molar-refractivity contribution in [2.24, 2.45) is 5.92 Å². The zero-order valence-corrected chi connectivity index (χ0v) is 16.9. The number of para-hydroxylation sites is 1. The smallest absolute Gasteiger partial charge is 0.332 e. The van der Waals surface area contributed by atoms with Crippen LogP contribution in [-0.4, -0.2) is 46.7 Å². The highest BCUT2D eigenvalue weighted by atomic mass is 16.2. The fraction of sp³-hybridized carbons (Fsp3) is 0.261. The first kappa shape index (κ1) is 18.9. The standard InChI is InChI=1S/C23H23N3O3/c1-13-9-11-15(12-10-13)18(19-21(27)25(3)23(29)26(4)22(19)28)20-14(2)16-7-5-6-8-17(16)24-20/h5-12,18-19,24H,1-4H3. The number of fused-ring (bicyclic) bond motifs is 1. The molecule has 29 heavy (non-hydrogen) atoms. The highest BCUT2D eigenvalue weighted by molar-refractivity contribution is 6.16. The number of hydrogen-bond acceptors (Lipinski definition) is 3. The molecule has 1 aromatic heterocycles. The molecule has 1 aliphatic rings. The van der Waals surface area contributed by atoms with Gasteiger partial charge >= 0.3 is 6.03 Å². The summed E-state index contributed by atoms with van der Waals surface area (Å²) in [4.78, 5) is 44.0. The summed E-state index contributed by atoms with van der Waals surface area (Å²) < 4.78 is 0. The first-order valence-corrected chi connectivity index (χ1v) is 9.54. The van der Waals surface area contributed by atoms with E-state index in [1.54, 1.807) is 0 Å². The quantitative estimate of drug-likeness (QED) is 0.696. The lowest BCUT2D eigenvalue weighted by Gasteiger charge is -2.36. The van der Waals surface area contributed by atoms with Gasteiger partial charge in [0.05, 0.1) is 0 Å². The fourth-order valence-electron chi connectivity index (χ4n) is 4.14. The Kier molecular flexibility index (Phi) is 4.49. The number of imide groups is 2. The number of rotatable bonds is 3. The number of H-pyrrole nitrogens is 1. The molecular weight excluding hydrogens is 366 g/mol. The molecule has 0 bridgehead atoms. The Morgan fingerprint density at radius 1 is 0.862 bits per heavy atom. The van der Waals surface area contributed by atoms with Gasteiger partial charge in [-0.3, -0.25) is 19.4 Å². The Hall–Kier alpha value is -3.41. The number of aromatic amines is 1. The van der Waals surface area contributed by atoms with Crippen molar-refractivity contribution in [2.75, 3.05) is 14.1 Å². The number of nitrogens with zero attached hydrogens (tertiary/aromatic N) is 2. The topological polar surface area (TPSA) is 73.5 Å². The second-order valence-electron chi connectivity index (χ2n) is 7.65. The second-order valence-corrected chi connectivity index (χ2v) is 7.65. The van der Waals surface area contributed by atoms with E-state index in [0.29, 0.717) is 0 Å². The van der Waals surface area contributed by atoms with Gasteiger partial charge in [0.2, 0.25) is 11.8 Å². The average Bonchev–Trinajstić information content (AvgIpc) is 3.05. The van der Waals surface area contributed by atoms with Gasteiger partial charge in [-0.15, -0.1) is 0 Å². The number of nitrogens with one attached hydrogen (secondary N) is 1. The van der Waals surface area contributed by atoms with Gasteiger partial charge in [-0.25, -0.2) is 4.79 Å². The van der Waals surface area contributed by atoms with Gasteiger partial charge < -0.3 is 4.98 Å². The highest BCUT2D eigenvalue weighted by Crippen LogP contribution is 2.39. The summed E-state index contributed by atoms with van der Waals surface area (Å²) >= 11 is 0. The number of urea groups is 1. The van der Waals surface area contributed by atoms with Crippen LogP contribution in [0.5, 0.6) is 0 Å². The third-order valence-corrected chi connectivity index (χ3v) is 5.85. The molecule has 4 amide bonds. The van der Waals surface area contributed by atoms with Crippen LogP contribution >= 0.6 is 0 Å². The molecule has 1 aliphatic heterocycles. The predicted octanol–water partition coefficient (Wildman–Crippen LogP) is 3.58. The third kappa shape index (κ3) is 2.92. The van der Waals surface area contributed by atoms with Crippen LogP contribution in [0.25, 0.3) is 10.9 Å². The lowest BCUT2D eigenvalue weighted by Crippen LogP contribution is -2.58. The van der Waals surface area contributed by atoms with Crippen molar-refractivity contribution in [3.8, 4) is 0 Å². The Bertz CT molecular complexity index is 1110. The number of barbiturate groups is 1. The van der Waals surface area contributed by atoms with Crippen molar-refractivity contribution in [1.29, 1.82) is 0 Å². The molecule has 1 fully saturated rings. The average molecular weight is 389 g/mol. The molecule has 1 atom stereocenters. The number of benzene rings is 2. The van der Waals surface area contributed by atoms with Crippen molar-refractivity contribution in [2.45, 2.75) is 19.8 Å². The monoisotopic (exact) mass is 389 g/mol. The van der Waals surface area contributed by atoms with Crippen LogP contribution in [0.1, 0.15) is 28.3 Å². The van der Waals surface area contributed by atoms with Gasteiger partial charge in [0.1, 0.15) is 5.92 Å².